The third kappa shape index (κ3) is 5.64. The lowest BCUT2D eigenvalue weighted by molar-refractivity contribution is 0.464. The molecule has 0 saturated carbocycles. The van der Waals surface area contributed by atoms with Crippen molar-refractivity contribution in [2.24, 2.45) is 4.99 Å². The van der Waals surface area contributed by atoms with Crippen molar-refractivity contribution in [1.29, 1.82) is 0 Å². The van der Waals surface area contributed by atoms with Crippen LogP contribution < -0.4 is 5.32 Å². The SMILES string of the molecule is CCCCN(C)C(=NCC(C)c1ccsc1)NCC. The molecule has 0 spiro atoms. The van der Waals surface area contributed by atoms with E-state index in [1.54, 1.807) is 11.3 Å². The zero-order chi connectivity index (χ0) is 14.1. The average Bonchev–Trinajstić information content (AvgIpc) is 2.94. The highest BCUT2D eigenvalue weighted by Crippen LogP contribution is 2.18. The Hall–Kier alpha value is -1.03. The third-order valence-electron chi connectivity index (χ3n) is 3.17. The first-order valence-electron chi connectivity index (χ1n) is 7.20. The molecule has 0 aliphatic carbocycles. The topological polar surface area (TPSA) is 27.6 Å². The second-order valence-electron chi connectivity index (χ2n) is 4.93. The highest BCUT2D eigenvalue weighted by molar-refractivity contribution is 7.07. The minimum Gasteiger partial charge on any atom is -0.357 e. The van der Waals surface area contributed by atoms with Gasteiger partial charge in [-0.1, -0.05) is 20.3 Å². The Labute approximate surface area is 121 Å². The molecule has 1 aromatic heterocycles. The van der Waals surface area contributed by atoms with Gasteiger partial charge in [-0.05, 0) is 35.7 Å². The number of nitrogens with one attached hydrogen (secondary N) is 1. The largest absolute Gasteiger partial charge is 0.357 e. The Bertz CT molecular complexity index is 359. The molecule has 1 atom stereocenters. The normalized spacial score (nSPS) is 13.4. The maximum absolute atomic E-state index is 4.76. The number of hydrogen-bond acceptors (Lipinski definition) is 2. The number of aliphatic imine (C=N–C) groups is 1. The van der Waals surface area contributed by atoms with Crippen molar-refractivity contribution < 1.29 is 0 Å². The molecule has 1 N–H and O–H groups in total. The van der Waals surface area contributed by atoms with Crippen LogP contribution in [0.1, 0.15) is 45.1 Å². The lowest BCUT2D eigenvalue weighted by Gasteiger charge is -2.22. The summed E-state index contributed by atoms with van der Waals surface area (Å²) in [6.07, 6.45) is 2.43. The summed E-state index contributed by atoms with van der Waals surface area (Å²) in [5, 5.41) is 7.72. The molecule has 4 heteroatoms. The number of rotatable bonds is 7. The van der Waals surface area contributed by atoms with Gasteiger partial charge in [0.25, 0.3) is 0 Å². The molecule has 108 valence electrons. The molecule has 0 radical (unpaired) electrons. The maximum atomic E-state index is 4.76. The van der Waals surface area contributed by atoms with E-state index in [1.165, 1.54) is 18.4 Å². The van der Waals surface area contributed by atoms with E-state index in [0.717, 1.165) is 25.6 Å². The van der Waals surface area contributed by atoms with Crippen LogP contribution in [0.15, 0.2) is 21.8 Å². The Morgan fingerprint density at radius 1 is 1.47 bits per heavy atom. The van der Waals surface area contributed by atoms with Crippen molar-refractivity contribution in [2.75, 3.05) is 26.7 Å². The number of hydrogen-bond donors (Lipinski definition) is 1. The highest BCUT2D eigenvalue weighted by atomic mass is 32.1. The second-order valence-corrected chi connectivity index (χ2v) is 5.71. The number of nitrogens with zero attached hydrogens (tertiary/aromatic N) is 2. The lowest BCUT2D eigenvalue weighted by atomic mass is 10.1. The van der Waals surface area contributed by atoms with E-state index in [-0.39, 0.29) is 0 Å². The predicted molar refractivity (Wildman–Crippen MR) is 86.3 cm³/mol. The van der Waals surface area contributed by atoms with Crippen molar-refractivity contribution in [3.8, 4) is 0 Å². The van der Waals surface area contributed by atoms with Gasteiger partial charge >= 0.3 is 0 Å². The molecule has 0 amide bonds. The first-order chi connectivity index (χ1) is 9.19. The van der Waals surface area contributed by atoms with Gasteiger partial charge in [0.15, 0.2) is 5.96 Å². The van der Waals surface area contributed by atoms with Gasteiger partial charge in [0, 0.05) is 32.6 Å². The molecule has 1 rings (SSSR count). The van der Waals surface area contributed by atoms with Crippen LogP contribution in [0, 0.1) is 0 Å². The van der Waals surface area contributed by atoms with Crippen molar-refractivity contribution >= 4 is 17.3 Å². The summed E-state index contributed by atoms with van der Waals surface area (Å²) in [5.41, 5.74) is 1.39. The molecule has 0 bridgehead atoms. The molecule has 0 aliphatic rings. The molecule has 0 fully saturated rings. The molecule has 0 aliphatic heterocycles. The zero-order valence-corrected chi connectivity index (χ0v) is 13.5. The second kappa shape index (κ2) is 8.97. The lowest BCUT2D eigenvalue weighted by Crippen LogP contribution is -2.39. The van der Waals surface area contributed by atoms with E-state index < -0.39 is 0 Å². The van der Waals surface area contributed by atoms with Crippen molar-refractivity contribution in [2.45, 2.75) is 39.5 Å². The fourth-order valence-corrected chi connectivity index (χ4v) is 2.64. The molecule has 19 heavy (non-hydrogen) atoms. The van der Waals surface area contributed by atoms with Crippen molar-refractivity contribution in [3.63, 3.8) is 0 Å². The van der Waals surface area contributed by atoms with Gasteiger partial charge in [-0.25, -0.2) is 0 Å². The third-order valence-corrected chi connectivity index (χ3v) is 3.87. The van der Waals surface area contributed by atoms with Crippen molar-refractivity contribution in [1.82, 2.24) is 10.2 Å². The van der Waals surface area contributed by atoms with Gasteiger partial charge < -0.3 is 10.2 Å². The van der Waals surface area contributed by atoms with Crippen molar-refractivity contribution in [3.05, 3.63) is 22.4 Å². The van der Waals surface area contributed by atoms with E-state index in [0.29, 0.717) is 5.92 Å². The molecular weight excluding hydrogens is 254 g/mol. The number of guanidine groups is 1. The highest BCUT2D eigenvalue weighted by Gasteiger charge is 2.08. The van der Waals surface area contributed by atoms with Gasteiger partial charge in [-0.2, -0.15) is 11.3 Å². The average molecular weight is 281 g/mol. The van der Waals surface area contributed by atoms with E-state index in [1.807, 2.05) is 0 Å². The fourth-order valence-electron chi connectivity index (χ4n) is 1.86. The molecule has 0 aromatic carbocycles. The van der Waals surface area contributed by atoms with E-state index >= 15 is 0 Å². The van der Waals surface area contributed by atoms with E-state index in [9.17, 15) is 0 Å². The number of thiophene rings is 1. The summed E-state index contributed by atoms with van der Waals surface area (Å²) in [6.45, 7) is 9.40. The Balaban J connectivity index is 2.56. The first-order valence-corrected chi connectivity index (χ1v) is 8.14. The molecular formula is C15H27N3S. The molecule has 0 saturated heterocycles. The number of unbranched alkanes of at least 4 members (excludes halogenated alkanes) is 1. The maximum Gasteiger partial charge on any atom is 0.193 e. The van der Waals surface area contributed by atoms with Gasteiger partial charge in [0.05, 0.1) is 0 Å². The summed E-state index contributed by atoms with van der Waals surface area (Å²) < 4.78 is 0. The smallest absolute Gasteiger partial charge is 0.193 e. The first kappa shape index (κ1) is 16.0. The standard InChI is InChI=1S/C15H27N3S/c1-5-7-9-18(4)15(16-6-2)17-11-13(3)14-8-10-19-12-14/h8,10,12-13H,5-7,9,11H2,1-4H3,(H,16,17). The van der Waals surface area contributed by atoms with Gasteiger partial charge in [-0.15, -0.1) is 0 Å². The fraction of sp³-hybridized carbons (Fsp3) is 0.667. The van der Waals surface area contributed by atoms with Crippen LogP contribution >= 0.6 is 11.3 Å². The van der Waals surface area contributed by atoms with Crippen LogP contribution in [0.3, 0.4) is 0 Å². The van der Waals surface area contributed by atoms with Crippen LogP contribution in [0.2, 0.25) is 0 Å². The minimum absolute atomic E-state index is 0.486. The zero-order valence-electron chi connectivity index (χ0n) is 12.6. The van der Waals surface area contributed by atoms with Gasteiger partial charge in [0.1, 0.15) is 0 Å². The Morgan fingerprint density at radius 2 is 2.26 bits per heavy atom. The predicted octanol–water partition coefficient (Wildman–Crippen LogP) is 3.55. The molecule has 1 heterocycles. The Kier molecular flexibility index (Phi) is 7.56. The summed E-state index contributed by atoms with van der Waals surface area (Å²) in [4.78, 5) is 6.99. The van der Waals surface area contributed by atoms with Crippen LogP contribution in [-0.4, -0.2) is 37.5 Å². The van der Waals surface area contributed by atoms with Crippen LogP contribution in [0.25, 0.3) is 0 Å². The molecule has 1 aromatic rings. The van der Waals surface area contributed by atoms with Crippen LogP contribution in [-0.2, 0) is 0 Å². The summed E-state index contributed by atoms with van der Waals surface area (Å²) in [6, 6.07) is 2.19. The van der Waals surface area contributed by atoms with E-state index in [2.05, 4.69) is 54.9 Å². The van der Waals surface area contributed by atoms with Gasteiger partial charge in [0.2, 0.25) is 0 Å². The summed E-state index contributed by atoms with van der Waals surface area (Å²) in [7, 11) is 2.12. The van der Waals surface area contributed by atoms with Crippen LogP contribution in [0.5, 0.6) is 0 Å². The summed E-state index contributed by atoms with van der Waals surface area (Å²) >= 11 is 1.76. The molecule has 1 unspecified atom stereocenters. The quantitative estimate of drug-likeness (QED) is 0.611. The Morgan fingerprint density at radius 3 is 2.84 bits per heavy atom. The minimum atomic E-state index is 0.486. The monoisotopic (exact) mass is 281 g/mol. The van der Waals surface area contributed by atoms with E-state index in [4.69, 9.17) is 4.99 Å². The summed E-state index contributed by atoms with van der Waals surface area (Å²) in [5.74, 6) is 1.51. The molecule has 3 nitrogen and oxygen atoms in total. The van der Waals surface area contributed by atoms with Gasteiger partial charge in [-0.3, -0.25) is 4.99 Å². The van der Waals surface area contributed by atoms with Crippen LogP contribution in [0.4, 0.5) is 0 Å².